The molecule has 1 fully saturated rings. The standard InChI is InChI=1S/C24H23ClFN3O/c1-30-23(24-28-21-8-6-16(25)12-22(21)29-24)15-4-2-14(3-5-15)18-10-11-27-20-9-7-17(26)13-19(18)20/h6-15,23H,2-5H2,1H3,(H,28,29). The van der Waals surface area contributed by atoms with Crippen LogP contribution in [0.3, 0.4) is 0 Å². The van der Waals surface area contributed by atoms with Crippen LogP contribution in [0.2, 0.25) is 5.02 Å². The highest BCUT2D eigenvalue weighted by Gasteiger charge is 2.31. The summed E-state index contributed by atoms with van der Waals surface area (Å²) >= 11 is 6.10. The third kappa shape index (κ3) is 3.57. The minimum absolute atomic E-state index is 0.0799. The van der Waals surface area contributed by atoms with Crippen molar-refractivity contribution in [3.05, 3.63) is 70.9 Å². The summed E-state index contributed by atoms with van der Waals surface area (Å²) in [5.74, 6) is 1.43. The summed E-state index contributed by atoms with van der Waals surface area (Å²) in [5.41, 5.74) is 3.88. The Balaban J connectivity index is 1.36. The Morgan fingerprint density at radius 2 is 1.90 bits per heavy atom. The molecule has 4 aromatic rings. The van der Waals surface area contributed by atoms with Crippen molar-refractivity contribution in [2.24, 2.45) is 5.92 Å². The molecule has 4 nitrogen and oxygen atoms in total. The van der Waals surface area contributed by atoms with Crippen molar-refractivity contribution < 1.29 is 9.13 Å². The van der Waals surface area contributed by atoms with Gasteiger partial charge in [0.15, 0.2) is 0 Å². The zero-order valence-electron chi connectivity index (χ0n) is 16.7. The number of fused-ring (bicyclic) bond motifs is 2. The number of imidazole rings is 1. The summed E-state index contributed by atoms with van der Waals surface area (Å²) in [4.78, 5) is 12.5. The Labute approximate surface area is 179 Å². The van der Waals surface area contributed by atoms with Gasteiger partial charge in [0.1, 0.15) is 17.7 Å². The topological polar surface area (TPSA) is 50.8 Å². The lowest BCUT2D eigenvalue weighted by Crippen LogP contribution is -2.22. The maximum absolute atomic E-state index is 13.8. The minimum atomic E-state index is -0.213. The van der Waals surface area contributed by atoms with E-state index in [1.54, 1.807) is 19.2 Å². The van der Waals surface area contributed by atoms with Crippen molar-refractivity contribution in [2.75, 3.05) is 7.11 Å². The number of methoxy groups -OCH3 is 1. The van der Waals surface area contributed by atoms with E-state index in [1.165, 1.54) is 11.6 Å². The van der Waals surface area contributed by atoms with Crippen LogP contribution in [0.5, 0.6) is 0 Å². The highest BCUT2D eigenvalue weighted by Crippen LogP contribution is 2.43. The fourth-order valence-electron chi connectivity index (χ4n) is 4.89. The molecule has 5 rings (SSSR count). The zero-order chi connectivity index (χ0) is 20.7. The van der Waals surface area contributed by atoms with E-state index in [1.807, 2.05) is 30.5 Å². The van der Waals surface area contributed by atoms with Gasteiger partial charge in [-0.3, -0.25) is 4.98 Å². The van der Waals surface area contributed by atoms with E-state index in [2.05, 4.69) is 9.97 Å². The summed E-state index contributed by atoms with van der Waals surface area (Å²) in [6.07, 6.45) is 5.88. The molecule has 0 amide bonds. The molecular weight excluding hydrogens is 401 g/mol. The third-order valence-corrected chi connectivity index (χ3v) is 6.60. The van der Waals surface area contributed by atoms with Gasteiger partial charge >= 0.3 is 0 Å². The lowest BCUT2D eigenvalue weighted by atomic mass is 9.76. The molecule has 0 saturated heterocycles. The second-order valence-electron chi connectivity index (χ2n) is 8.11. The largest absolute Gasteiger partial charge is 0.373 e. The predicted octanol–water partition coefficient (Wildman–Crippen LogP) is 6.57. The Morgan fingerprint density at radius 3 is 2.70 bits per heavy atom. The first-order valence-electron chi connectivity index (χ1n) is 10.3. The van der Waals surface area contributed by atoms with Crippen LogP contribution in [0.25, 0.3) is 21.9 Å². The number of nitrogens with zero attached hydrogens (tertiary/aromatic N) is 2. The maximum Gasteiger partial charge on any atom is 0.136 e. The van der Waals surface area contributed by atoms with Gasteiger partial charge in [-0.15, -0.1) is 0 Å². The summed E-state index contributed by atoms with van der Waals surface area (Å²) in [5, 5.41) is 1.61. The number of aromatic nitrogens is 3. The third-order valence-electron chi connectivity index (χ3n) is 6.36. The molecule has 154 valence electrons. The van der Waals surface area contributed by atoms with Crippen LogP contribution in [0.15, 0.2) is 48.7 Å². The first-order valence-corrected chi connectivity index (χ1v) is 10.7. The molecule has 1 saturated carbocycles. The van der Waals surface area contributed by atoms with Crippen LogP contribution in [0.4, 0.5) is 4.39 Å². The molecule has 0 aliphatic heterocycles. The smallest absolute Gasteiger partial charge is 0.136 e. The van der Waals surface area contributed by atoms with Gasteiger partial charge in [0, 0.05) is 23.7 Å². The normalized spacial score (nSPS) is 20.6. The summed E-state index contributed by atoms with van der Waals surface area (Å²) in [6.45, 7) is 0. The number of pyridine rings is 1. The van der Waals surface area contributed by atoms with Crippen molar-refractivity contribution in [2.45, 2.75) is 37.7 Å². The van der Waals surface area contributed by atoms with E-state index in [-0.39, 0.29) is 11.9 Å². The van der Waals surface area contributed by atoms with Gasteiger partial charge in [0.05, 0.1) is 16.6 Å². The first-order chi connectivity index (χ1) is 14.6. The van der Waals surface area contributed by atoms with Crippen molar-refractivity contribution in [1.29, 1.82) is 0 Å². The predicted molar refractivity (Wildman–Crippen MR) is 117 cm³/mol. The molecule has 2 heterocycles. The molecule has 1 aliphatic carbocycles. The van der Waals surface area contributed by atoms with E-state index in [0.29, 0.717) is 16.9 Å². The Morgan fingerprint density at radius 1 is 1.07 bits per heavy atom. The van der Waals surface area contributed by atoms with Crippen molar-refractivity contribution in [1.82, 2.24) is 15.0 Å². The zero-order valence-corrected chi connectivity index (χ0v) is 17.5. The summed E-state index contributed by atoms with van der Waals surface area (Å²) in [7, 11) is 1.75. The molecule has 0 spiro atoms. The molecule has 1 atom stereocenters. The van der Waals surface area contributed by atoms with E-state index < -0.39 is 0 Å². The van der Waals surface area contributed by atoms with Gasteiger partial charge < -0.3 is 9.72 Å². The number of hydrogen-bond acceptors (Lipinski definition) is 3. The molecular formula is C24H23ClFN3O. The first kappa shape index (κ1) is 19.5. The van der Waals surface area contributed by atoms with Gasteiger partial charge in [-0.05, 0) is 85.5 Å². The molecule has 0 radical (unpaired) electrons. The van der Waals surface area contributed by atoms with Gasteiger partial charge in [0.2, 0.25) is 0 Å². The van der Waals surface area contributed by atoms with E-state index in [9.17, 15) is 4.39 Å². The molecule has 0 bridgehead atoms. The number of hydrogen-bond donors (Lipinski definition) is 1. The van der Waals surface area contributed by atoms with Crippen LogP contribution in [-0.4, -0.2) is 22.1 Å². The van der Waals surface area contributed by atoms with Crippen LogP contribution in [-0.2, 0) is 4.74 Å². The van der Waals surface area contributed by atoms with Crippen molar-refractivity contribution in [3.8, 4) is 0 Å². The van der Waals surface area contributed by atoms with Crippen LogP contribution >= 0.6 is 11.6 Å². The highest BCUT2D eigenvalue weighted by atomic mass is 35.5. The maximum atomic E-state index is 13.8. The van der Waals surface area contributed by atoms with Gasteiger partial charge in [-0.1, -0.05) is 11.6 Å². The number of nitrogens with one attached hydrogen (secondary N) is 1. The molecule has 2 aromatic carbocycles. The molecule has 1 aliphatic rings. The van der Waals surface area contributed by atoms with Crippen molar-refractivity contribution in [3.63, 3.8) is 0 Å². The summed E-state index contributed by atoms with van der Waals surface area (Å²) < 4.78 is 19.7. The second-order valence-corrected chi connectivity index (χ2v) is 8.55. The van der Waals surface area contributed by atoms with Crippen LogP contribution < -0.4 is 0 Å². The van der Waals surface area contributed by atoms with Crippen LogP contribution in [0, 0.1) is 11.7 Å². The number of benzene rings is 2. The van der Waals surface area contributed by atoms with Crippen molar-refractivity contribution >= 4 is 33.5 Å². The van der Waals surface area contributed by atoms with E-state index >= 15 is 0 Å². The Kier molecular flexibility index (Phi) is 5.17. The quantitative estimate of drug-likeness (QED) is 0.404. The van der Waals surface area contributed by atoms with Gasteiger partial charge in [-0.2, -0.15) is 0 Å². The lowest BCUT2D eigenvalue weighted by molar-refractivity contribution is 0.0274. The number of aromatic amines is 1. The highest BCUT2D eigenvalue weighted by molar-refractivity contribution is 6.31. The average molecular weight is 424 g/mol. The fraction of sp³-hybridized carbons (Fsp3) is 0.333. The van der Waals surface area contributed by atoms with E-state index in [4.69, 9.17) is 21.3 Å². The van der Waals surface area contributed by atoms with Gasteiger partial charge in [0.25, 0.3) is 0 Å². The Bertz CT molecular complexity index is 1200. The monoisotopic (exact) mass is 423 g/mol. The van der Waals surface area contributed by atoms with Crippen LogP contribution in [0.1, 0.15) is 49.1 Å². The average Bonchev–Trinajstić information content (AvgIpc) is 3.17. The SMILES string of the molecule is COC(c1nc2cc(Cl)ccc2[nH]1)C1CCC(c2ccnc3ccc(F)cc23)CC1. The lowest BCUT2D eigenvalue weighted by Gasteiger charge is -2.33. The molecule has 1 N–H and O–H groups in total. The van der Waals surface area contributed by atoms with Gasteiger partial charge in [-0.25, -0.2) is 9.37 Å². The second kappa shape index (κ2) is 7.97. The summed E-state index contributed by atoms with van der Waals surface area (Å²) in [6, 6.07) is 12.6. The number of H-pyrrole nitrogens is 1. The molecule has 30 heavy (non-hydrogen) atoms. The molecule has 1 unspecified atom stereocenters. The number of rotatable bonds is 4. The van der Waals surface area contributed by atoms with E-state index in [0.717, 1.165) is 53.4 Å². The number of ether oxygens (including phenoxy) is 1. The molecule has 6 heteroatoms. The fourth-order valence-corrected chi connectivity index (χ4v) is 5.06. The molecule has 2 aromatic heterocycles. The Hall–Kier alpha value is -2.50. The minimum Gasteiger partial charge on any atom is -0.373 e. The number of halogens is 2.